The molecule has 2 N–H and O–H groups in total. The minimum atomic E-state index is -0.779. The predicted octanol–water partition coefficient (Wildman–Crippen LogP) is 4.66. The van der Waals surface area contributed by atoms with E-state index in [0.717, 1.165) is 24.8 Å². The predicted molar refractivity (Wildman–Crippen MR) is 105 cm³/mol. The van der Waals surface area contributed by atoms with Crippen LogP contribution >= 0.6 is 23.2 Å². The van der Waals surface area contributed by atoms with Gasteiger partial charge in [-0.3, -0.25) is 9.59 Å². The van der Waals surface area contributed by atoms with Crippen LogP contribution < -0.4 is 10.6 Å². The maximum Gasteiger partial charge on any atom is 0.313 e. The average molecular weight is 409 g/mol. The van der Waals surface area contributed by atoms with Crippen LogP contribution in [0.4, 0.5) is 10.1 Å². The van der Waals surface area contributed by atoms with Crippen LogP contribution in [0.2, 0.25) is 10.0 Å². The molecule has 7 heteroatoms. The van der Waals surface area contributed by atoms with Crippen molar-refractivity contribution in [2.45, 2.75) is 38.1 Å². The number of hydrogen-bond acceptors (Lipinski definition) is 2. The van der Waals surface area contributed by atoms with E-state index in [1.54, 1.807) is 19.1 Å². The maximum atomic E-state index is 13.2. The molecule has 1 aliphatic rings. The number of aryl methyl sites for hydroxylation is 1. The Morgan fingerprint density at radius 1 is 1.11 bits per heavy atom. The molecule has 0 aliphatic heterocycles. The van der Waals surface area contributed by atoms with Gasteiger partial charge in [0.2, 0.25) is 0 Å². The fraction of sp³-hybridized carbons (Fsp3) is 0.300. The first-order valence-corrected chi connectivity index (χ1v) is 9.37. The van der Waals surface area contributed by atoms with Crippen LogP contribution in [0, 0.1) is 12.7 Å². The van der Waals surface area contributed by atoms with Crippen LogP contribution in [-0.4, -0.2) is 17.4 Å². The van der Waals surface area contributed by atoms with Crippen LogP contribution in [0.25, 0.3) is 0 Å². The van der Waals surface area contributed by atoms with E-state index in [1.165, 1.54) is 18.2 Å². The van der Waals surface area contributed by atoms with E-state index in [1.807, 2.05) is 6.07 Å². The van der Waals surface area contributed by atoms with Crippen molar-refractivity contribution < 1.29 is 14.0 Å². The highest BCUT2D eigenvalue weighted by atomic mass is 35.5. The van der Waals surface area contributed by atoms with Crippen molar-refractivity contribution in [3.63, 3.8) is 0 Å². The van der Waals surface area contributed by atoms with Crippen LogP contribution in [0.15, 0.2) is 36.4 Å². The number of carbonyl (C=O) groups is 2. The van der Waals surface area contributed by atoms with Gasteiger partial charge >= 0.3 is 11.8 Å². The molecule has 2 amide bonds. The minimum absolute atomic E-state index is 0.400. The number of nitrogens with one attached hydrogen (secondary N) is 2. The number of anilines is 1. The molecule has 2 aromatic rings. The summed E-state index contributed by atoms with van der Waals surface area (Å²) in [6, 6.07) is 9.21. The van der Waals surface area contributed by atoms with Gasteiger partial charge in [0.25, 0.3) is 0 Å². The Morgan fingerprint density at radius 3 is 2.44 bits per heavy atom. The molecule has 0 aromatic heterocycles. The Balaban J connectivity index is 1.68. The second-order valence-electron chi connectivity index (χ2n) is 6.91. The van der Waals surface area contributed by atoms with Crippen molar-refractivity contribution >= 4 is 40.7 Å². The first-order valence-electron chi connectivity index (χ1n) is 8.62. The van der Waals surface area contributed by atoms with Gasteiger partial charge in [-0.2, -0.15) is 0 Å². The van der Waals surface area contributed by atoms with E-state index in [2.05, 4.69) is 10.6 Å². The molecule has 0 radical (unpaired) electrons. The average Bonchev–Trinajstić information content (AvgIpc) is 2.57. The summed E-state index contributed by atoms with van der Waals surface area (Å²) in [7, 11) is 0. The fourth-order valence-corrected chi connectivity index (χ4v) is 3.70. The Morgan fingerprint density at radius 2 is 1.85 bits per heavy atom. The normalized spacial score (nSPS) is 15.0. The van der Waals surface area contributed by atoms with Crippen molar-refractivity contribution in [2.24, 2.45) is 0 Å². The fourth-order valence-electron chi connectivity index (χ4n) is 3.22. The Labute approximate surface area is 167 Å². The standard InChI is InChI=1S/C20H19Cl2FN2O2/c1-12-9-15(23)5-6-17(12)24-18(26)19(27)25-20(7-2-8-20)11-13-3-4-14(21)10-16(13)22/h3-6,9-10H,2,7-8,11H2,1H3,(H,24,26)(H,25,27). The lowest BCUT2D eigenvalue weighted by molar-refractivity contribution is -0.138. The van der Waals surface area contributed by atoms with Gasteiger partial charge < -0.3 is 10.6 Å². The summed E-state index contributed by atoms with van der Waals surface area (Å²) in [5.41, 5.74) is 1.32. The lowest BCUT2D eigenvalue weighted by Gasteiger charge is -2.42. The summed E-state index contributed by atoms with van der Waals surface area (Å²) in [4.78, 5) is 24.7. The van der Waals surface area contributed by atoms with Gasteiger partial charge in [-0.25, -0.2) is 4.39 Å². The number of carbonyl (C=O) groups excluding carboxylic acids is 2. The summed E-state index contributed by atoms with van der Waals surface area (Å²) < 4.78 is 13.2. The number of benzene rings is 2. The third-order valence-electron chi connectivity index (χ3n) is 4.88. The van der Waals surface area contributed by atoms with Crippen LogP contribution in [0.1, 0.15) is 30.4 Å². The maximum absolute atomic E-state index is 13.2. The summed E-state index contributed by atoms with van der Waals surface area (Å²) in [6.07, 6.45) is 3.02. The molecule has 0 bridgehead atoms. The molecular formula is C20H19Cl2FN2O2. The van der Waals surface area contributed by atoms with Crippen LogP contribution in [0.5, 0.6) is 0 Å². The van der Waals surface area contributed by atoms with Crippen LogP contribution in [-0.2, 0) is 16.0 Å². The van der Waals surface area contributed by atoms with Crippen molar-refractivity contribution in [2.75, 3.05) is 5.32 Å². The molecule has 1 fully saturated rings. The lowest BCUT2D eigenvalue weighted by atomic mass is 9.72. The largest absolute Gasteiger partial charge is 0.342 e. The monoisotopic (exact) mass is 408 g/mol. The van der Waals surface area contributed by atoms with E-state index in [-0.39, 0.29) is 0 Å². The first kappa shape index (κ1) is 19.6. The molecule has 0 spiro atoms. The molecule has 3 rings (SSSR count). The van der Waals surface area contributed by atoms with Gasteiger partial charge in [-0.1, -0.05) is 29.3 Å². The van der Waals surface area contributed by atoms with Gasteiger partial charge in [0.1, 0.15) is 5.82 Å². The molecule has 1 aliphatic carbocycles. The quantitative estimate of drug-likeness (QED) is 0.722. The van der Waals surface area contributed by atoms with Gasteiger partial charge in [-0.15, -0.1) is 0 Å². The second kappa shape index (κ2) is 7.87. The molecule has 0 heterocycles. The van der Waals surface area contributed by atoms with Crippen LogP contribution in [0.3, 0.4) is 0 Å². The molecule has 0 atom stereocenters. The smallest absolute Gasteiger partial charge is 0.313 e. The molecule has 2 aromatic carbocycles. The highest BCUT2D eigenvalue weighted by Gasteiger charge is 2.40. The third kappa shape index (κ3) is 4.60. The van der Waals surface area contributed by atoms with E-state index in [4.69, 9.17) is 23.2 Å². The van der Waals surface area contributed by atoms with E-state index < -0.39 is 23.2 Å². The highest BCUT2D eigenvalue weighted by Crippen LogP contribution is 2.37. The second-order valence-corrected chi connectivity index (χ2v) is 7.76. The number of amides is 2. The summed E-state index contributed by atoms with van der Waals surface area (Å²) in [5.74, 6) is -1.90. The topological polar surface area (TPSA) is 58.2 Å². The van der Waals surface area contributed by atoms with Crippen molar-refractivity contribution in [1.29, 1.82) is 0 Å². The molecule has 4 nitrogen and oxygen atoms in total. The molecular weight excluding hydrogens is 390 g/mol. The number of hydrogen-bond donors (Lipinski definition) is 2. The Kier molecular flexibility index (Phi) is 5.72. The van der Waals surface area contributed by atoms with Crippen molar-refractivity contribution in [1.82, 2.24) is 5.32 Å². The number of rotatable bonds is 4. The molecule has 0 saturated heterocycles. The Bertz CT molecular complexity index is 898. The van der Waals surface area contributed by atoms with E-state index in [9.17, 15) is 14.0 Å². The summed E-state index contributed by atoms with van der Waals surface area (Å²) in [5, 5.41) is 6.47. The van der Waals surface area contributed by atoms with E-state index >= 15 is 0 Å². The van der Waals surface area contributed by atoms with Gasteiger partial charge in [0, 0.05) is 21.3 Å². The zero-order valence-corrected chi connectivity index (χ0v) is 16.3. The summed E-state index contributed by atoms with van der Waals surface area (Å²) >= 11 is 12.2. The highest BCUT2D eigenvalue weighted by molar-refractivity contribution is 6.40. The third-order valence-corrected chi connectivity index (χ3v) is 5.46. The number of halogens is 3. The van der Waals surface area contributed by atoms with Gasteiger partial charge in [0.15, 0.2) is 0 Å². The lowest BCUT2D eigenvalue weighted by Crippen LogP contribution is -2.57. The van der Waals surface area contributed by atoms with Crippen molar-refractivity contribution in [3.05, 3.63) is 63.4 Å². The van der Waals surface area contributed by atoms with Crippen molar-refractivity contribution in [3.8, 4) is 0 Å². The van der Waals surface area contributed by atoms with Gasteiger partial charge in [-0.05, 0) is 74.1 Å². The minimum Gasteiger partial charge on any atom is -0.342 e. The molecule has 142 valence electrons. The molecule has 0 unspecified atom stereocenters. The zero-order chi connectivity index (χ0) is 19.6. The molecule has 27 heavy (non-hydrogen) atoms. The summed E-state index contributed by atoms with van der Waals surface area (Å²) in [6.45, 7) is 1.66. The SMILES string of the molecule is Cc1cc(F)ccc1NC(=O)C(=O)NC1(Cc2ccc(Cl)cc2Cl)CCC1. The zero-order valence-electron chi connectivity index (χ0n) is 14.7. The Hall–Kier alpha value is -2.11. The van der Waals surface area contributed by atoms with E-state index in [0.29, 0.717) is 27.7 Å². The first-order chi connectivity index (χ1) is 12.8. The molecule has 1 saturated carbocycles. The van der Waals surface area contributed by atoms with Gasteiger partial charge in [0.05, 0.1) is 0 Å².